The van der Waals surface area contributed by atoms with E-state index in [0.29, 0.717) is 13.0 Å². The van der Waals surface area contributed by atoms with E-state index in [0.717, 1.165) is 22.1 Å². The van der Waals surface area contributed by atoms with Gasteiger partial charge in [-0.05, 0) is 30.3 Å². The van der Waals surface area contributed by atoms with Crippen molar-refractivity contribution in [3.63, 3.8) is 0 Å². The molecular weight excluding hydrogens is 282 g/mol. The lowest BCUT2D eigenvalue weighted by Crippen LogP contribution is -2.00. The van der Waals surface area contributed by atoms with Crippen LogP contribution in [0.25, 0.3) is 0 Å². The predicted octanol–water partition coefficient (Wildman–Crippen LogP) is 2.99. The van der Waals surface area contributed by atoms with E-state index in [2.05, 4.69) is 16.8 Å². The van der Waals surface area contributed by atoms with E-state index < -0.39 is 0 Å². The Morgan fingerprint density at radius 1 is 1.19 bits per heavy atom. The van der Waals surface area contributed by atoms with E-state index >= 15 is 0 Å². The Morgan fingerprint density at radius 2 is 2.14 bits per heavy atom. The molecule has 4 heteroatoms. The van der Waals surface area contributed by atoms with Gasteiger partial charge in [-0.1, -0.05) is 24.0 Å². The number of aliphatic hydroxyl groups is 1. The summed E-state index contributed by atoms with van der Waals surface area (Å²) in [6.07, 6.45) is 2.28. The van der Waals surface area contributed by atoms with Gasteiger partial charge in [0.05, 0.1) is 18.2 Å². The van der Waals surface area contributed by atoms with Crippen LogP contribution in [-0.4, -0.2) is 29.1 Å². The number of pyridine rings is 1. The highest BCUT2D eigenvalue weighted by Crippen LogP contribution is 2.16. The molecule has 1 heterocycles. The Labute approximate surface area is 129 Å². The second-order valence-electron chi connectivity index (χ2n) is 4.17. The fourth-order valence-electron chi connectivity index (χ4n) is 1.62. The van der Waals surface area contributed by atoms with Gasteiger partial charge < -0.3 is 9.84 Å². The number of benzene rings is 1. The fourth-order valence-corrected chi connectivity index (χ4v) is 2.31. The van der Waals surface area contributed by atoms with Gasteiger partial charge in [-0.2, -0.15) is 0 Å². The maximum Gasteiger partial charge on any atom is 0.120 e. The summed E-state index contributed by atoms with van der Waals surface area (Å²) in [6, 6.07) is 13.6. The zero-order chi connectivity index (χ0) is 14.8. The summed E-state index contributed by atoms with van der Waals surface area (Å²) in [4.78, 5) is 4.25. The van der Waals surface area contributed by atoms with Gasteiger partial charge in [-0.3, -0.25) is 0 Å². The molecule has 0 saturated heterocycles. The standard InChI is InChI=1S/C17H17NO2S/c19-11-4-2-6-15-7-5-8-16(14-15)20-12-13-21-17-9-1-3-10-18-17/h1,3,5,7-10,14,19H,4,11-13H2. The molecular formula is C17H17NO2S. The van der Waals surface area contributed by atoms with E-state index in [-0.39, 0.29) is 6.61 Å². The minimum absolute atomic E-state index is 0.0912. The normalized spacial score (nSPS) is 9.76. The smallest absolute Gasteiger partial charge is 0.120 e. The van der Waals surface area contributed by atoms with Crippen LogP contribution in [0, 0.1) is 11.8 Å². The van der Waals surface area contributed by atoms with Crippen LogP contribution in [-0.2, 0) is 0 Å². The predicted molar refractivity (Wildman–Crippen MR) is 85.5 cm³/mol. The quantitative estimate of drug-likeness (QED) is 0.506. The maximum atomic E-state index is 8.70. The van der Waals surface area contributed by atoms with Crippen molar-refractivity contribution in [2.24, 2.45) is 0 Å². The molecule has 3 nitrogen and oxygen atoms in total. The van der Waals surface area contributed by atoms with Crippen molar-refractivity contribution < 1.29 is 9.84 Å². The number of ether oxygens (including phenoxy) is 1. The molecule has 0 spiro atoms. The molecule has 21 heavy (non-hydrogen) atoms. The lowest BCUT2D eigenvalue weighted by atomic mass is 10.2. The highest BCUT2D eigenvalue weighted by molar-refractivity contribution is 7.99. The van der Waals surface area contributed by atoms with E-state index in [9.17, 15) is 0 Å². The minimum Gasteiger partial charge on any atom is -0.493 e. The maximum absolute atomic E-state index is 8.70. The number of thioether (sulfide) groups is 1. The van der Waals surface area contributed by atoms with Crippen LogP contribution in [0.1, 0.15) is 12.0 Å². The van der Waals surface area contributed by atoms with Crippen molar-refractivity contribution in [1.29, 1.82) is 0 Å². The Balaban J connectivity index is 1.78. The Morgan fingerprint density at radius 3 is 2.95 bits per heavy atom. The monoisotopic (exact) mass is 299 g/mol. The van der Waals surface area contributed by atoms with Crippen molar-refractivity contribution in [2.75, 3.05) is 19.0 Å². The molecule has 0 unspecified atom stereocenters. The molecule has 1 N–H and O–H groups in total. The lowest BCUT2D eigenvalue weighted by Gasteiger charge is -2.06. The second-order valence-corrected chi connectivity index (χ2v) is 5.28. The first-order chi connectivity index (χ1) is 10.4. The van der Waals surface area contributed by atoms with Gasteiger partial charge in [0.2, 0.25) is 0 Å². The average molecular weight is 299 g/mol. The third kappa shape index (κ3) is 5.90. The molecule has 0 atom stereocenters. The van der Waals surface area contributed by atoms with Crippen LogP contribution in [0.5, 0.6) is 5.75 Å². The number of aromatic nitrogens is 1. The second kappa shape index (κ2) is 9.06. The van der Waals surface area contributed by atoms with Gasteiger partial charge in [0.25, 0.3) is 0 Å². The van der Waals surface area contributed by atoms with Crippen LogP contribution < -0.4 is 4.74 Å². The van der Waals surface area contributed by atoms with Crippen LogP contribution in [0.2, 0.25) is 0 Å². The topological polar surface area (TPSA) is 42.4 Å². The highest BCUT2D eigenvalue weighted by Gasteiger charge is 1.97. The molecule has 2 aromatic rings. The van der Waals surface area contributed by atoms with Crippen molar-refractivity contribution in [3.8, 4) is 17.6 Å². The molecule has 1 aromatic heterocycles. The summed E-state index contributed by atoms with van der Waals surface area (Å²) in [6.45, 7) is 0.711. The van der Waals surface area contributed by atoms with Crippen LogP contribution >= 0.6 is 11.8 Å². The minimum atomic E-state index is 0.0912. The first-order valence-electron chi connectivity index (χ1n) is 6.75. The van der Waals surface area contributed by atoms with Gasteiger partial charge in [-0.15, -0.1) is 11.8 Å². The van der Waals surface area contributed by atoms with Gasteiger partial charge in [-0.25, -0.2) is 4.98 Å². The Hall–Kier alpha value is -1.96. The van der Waals surface area contributed by atoms with E-state index in [1.165, 1.54) is 0 Å². The summed E-state index contributed by atoms with van der Waals surface area (Å²) in [5.74, 6) is 7.55. The largest absolute Gasteiger partial charge is 0.493 e. The summed E-state index contributed by atoms with van der Waals surface area (Å²) in [5, 5.41) is 9.71. The Kier molecular flexibility index (Phi) is 6.66. The van der Waals surface area contributed by atoms with Crippen LogP contribution in [0.15, 0.2) is 53.7 Å². The SMILES string of the molecule is OCCC#Cc1cccc(OCCSc2ccccn2)c1. The van der Waals surface area contributed by atoms with Gasteiger partial charge >= 0.3 is 0 Å². The van der Waals surface area contributed by atoms with Gasteiger partial charge in [0, 0.05) is 23.9 Å². The molecule has 2 rings (SSSR count). The molecule has 0 saturated carbocycles. The summed E-state index contributed by atoms with van der Waals surface area (Å²) in [7, 11) is 0. The van der Waals surface area contributed by atoms with Crippen LogP contribution in [0.4, 0.5) is 0 Å². The number of nitrogens with zero attached hydrogens (tertiary/aromatic N) is 1. The van der Waals surface area contributed by atoms with Crippen molar-refractivity contribution >= 4 is 11.8 Å². The van der Waals surface area contributed by atoms with Crippen molar-refractivity contribution in [2.45, 2.75) is 11.4 Å². The first-order valence-corrected chi connectivity index (χ1v) is 7.73. The summed E-state index contributed by atoms with van der Waals surface area (Å²) >= 11 is 1.67. The molecule has 108 valence electrons. The zero-order valence-corrected chi connectivity index (χ0v) is 12.5. The highest BCUT2D eigenvalue weighted by atomic mass is 32.2. The third-order valence-electron chi connectivity index (χ3n) is 2.54. The van der Waals surface area contributed by atoms with Crippen molar-refractivity contribution in [3.05, 3.63) is 54.2 Å². The summed E-state index contributed by atoms with van der Waals surface area (Å²) in [5.41, 5.74) is 0.901. The number of aliphatic hydroxyl groups excluding tert-OH is 1. The van der Waals surface area contributed by atoms with E-state index in [1.54, 1.807) is 18.0 Å². The number of hydrogen-bond donors (Lipinski definition) is 1. The van der Waals surface area contributed by atoms with Gasteiger partial charge in [0.1, 0.15) is 5.75 Å². The van der Waals surface area contributed by atoms with Crippen LogP contribution in [0.3, 0.4) is 0 Å². The Bertz CT molecular complexity index is 605. The van der Waals surface area contributed by atoms with Gasteiger partial charge in [0.15, 0.2) is 0 Å². The molecule has 1 aromatic carbocycles. The lowest BCUT2D eigenvalue weighted by molar-refractivity contribution is 0.305. The summed E-state index contributed by atoms with van der Waals surface area (Å²) < 4.78 is 5.71. The molecule has 0 radical (unpaired) electrons. The molecule has 0 aliphatic heterocycles. The van der Waals surface area contributed by atoms with E-state index in [4.69, 9.17) is 9.84 Å². The van der Waals surface area contributed by atoms with Crippen molar-refractivity contribution in [1.82, 2.24) is 4.98 Å². The first kappa shape index (κ1) is 15.4. The average Bonchev–Trinajstić information content (AvgIpc) is 2.53. The number of rotatable bonds is 6. The molecule has 0 aliphatic rings. The number of hydrogen-bond acceptors (Lipinski definition) is 4. The van der Waals surface area contributed by atoms with E-state index in [1.807, 2.05) is 42.5 Å². The molecule has 0 bridgehead atoms. The molecule has 0 aliphatic carbocycles. The third-order valence-corrected chi connectivity index (χ3v) is 3.45. The fraction of sp³-hybridized carbons (Fsp3) is 0.235. The molecule has 0 fully saturated rings. The zero-order valence-electron chi connectivity index (χ0n) is 11.7. The molecule has 0 amide bonds.